The van der Waals surface area contributed by atoms with Crippen molar-refractivity contribution in [3.63, 3.8) is 0 Å². The molecule has 0 aliphatic carbocycles. The molecular formula is C14H21N2O2P. The van der Waals surface area contributed by atoms with Crippen LogP contribution < -0.4 is 4.52 Å². The van der Waals surface area contributed by atoms with Gasteiger partial charge in [0.2, 0.25) is 0 Å². The number of para-hydroxylation sites is 1. The maximum Gasteiger partial charge on any atom is 0.395 e. The Kier molecular flexibility index (Phi) is 4.81. The van der Waals surface area contributed by atoms with Crippen molar-refractivity contribution in [2.24, 2.45) is 0 Å². The van der Waals surface area contributed by atoms with Crippen LogP contribution in [0.5, 0.6) is 5.75 Å². The maximum absolute atomic E-state index is 13.2. The zero-order valence-corrected chi connectivity index (χ0v) is 12.4. The van der Waals surface area contributed by atoms with E-state index in [1.165, 1.54) is 0 Å². The van der Waals surface area contributed by atoms with E-state index >= 15 is 0 Å². The first-order valence-electron chi connectivity index (χ1n) is 6.56. The summed E-state index contributed by atoms with van der Waals surface area (Å²) in [4.78, 5) is 0. The van der Waals surface area contributed by atoms with Gasteiger partial charge in [-0.25, -0.2) is 13.9 Å². The molecule has 4 nitrogen and oxygen atoms in total. The van der Waals surface area contributed by atoms with Crippen LogP contribution in [0.1, 0.15) is 12.8 Å². The van der Waals surface area contributed by atoms with E-state index in [0.717, 1.165) is 25.9 Å². The first kappa shape index (κ1) is 14.3. The molecule has 1 aliphatic rings. The third kappa shape index (κ3) is 3.47. The second-order valence-corrected chi connectivity index (χ2v) is 7.24. The normalized spacial score (nSPS) is 23.1. The van der Waals surface area contributed by atoms with Crippen LogP contribution in [0.3, 0.4) is 0 Å². The van der Waals surface area contributed by atoms with Crippen LogP contribution in [-0.4, -0.2) is 36.5 Å². The smallest absolute Gasteiger partial charge is 0.395 e. The predicted molar refractivity (Wildman–Crippen MR) is 78.3 cm³/mol. The molecule has 5 heteroatoms. The van der Waals surface area contributed by atoms with Gasteiger partial charge in [0.15, 0.2) is 0 Å². The lowest BCUT2D eigenvalue weighted by Gasteiger charge is -2.33. The Morgan fingerprint density at radius 3 is 2.05 bits per heavy atom. The fourth-order valence-corrected chi connectivity index (χ4v) is 3.96. The number of benzene rings is 1. The lowest BCUT2D eigenvalue weighted by Crippen LogP contribution is -2.30. The van der Waals surface area contributed by atoms with Crippen LogP contribution in [0.2, 0.25) is 0 Å². The summed E-state index contributed by atoms with van der Waals surface area (Å²) in [7, 11) is 0.731. The summed E-state index contributed by atoms with van der Waals surface area (Å²) < 4.78 is 22.7. The highest BCUT2D eigenvalue weighted by Crippen LogP contribution is 2.52. The second-order valence-electron chi connectivity index (χ2n) is 4.71. The summed E-state index contributed by atoms with van der Waals surface area (Å²) in [5, 5.41) is 0. The standard InChI is InChI=1S/C14H21N2O2P/c1-15-12-8-3-4-9-13-16(2)19(15,17)18-14-10-6-5-7-11-14/h3-7,10-11H,8-9,12-13H2,1-2H3/b4-3-. The number of hydrogen-bond acceptors (Lipinski definition) is 2. The van der Waals surface area contributed by atoms with E-state index in [0.29, 0.717) is 5.75 Å². The summed E-state index contributed by atoms with van der Waals surface area (Å²) in [5.74, 6) is 0.650. The molecule has 1 aromatic carbocycles. The molecule has 1 heterocycles. The Morgan fingerprint density at radius 2 is 1.53 bits per heavy atom. The Labute approximate surface area is 115 Å². The van der Waals surface area contributed by atoms with Gasteiger partial charge in [-0.2, -0.15) is 0 Å². The topological polar surface area (TPSA) is 32.8 Å². The van der Waals surface area contributed by atoms with Crippen LogP contribution in [0.25, 0.3) is 0 Å². The van der Waals surface area contributed by atoms with Gasteiger partial charge in [0.1, 0.15) is 5.75 Å². The molecular weight excluding hydrogens is 259 g/mol. The minimum atomic E-state index is -2.99. The monoisotopic (exact) mass is 280 g/mol. The highest BCUT2D eigenvalue weighted by Gasteiger charge is 2.35. The van der Waals surface area contributed by atoms with Gasteiger partial charge in [0.25, 0.3) is 0 Å². The molecule has 2 rings (SSSR count). The van der Waals surface area contributed by atoms with Crippen LogP contribution >= 0.6 is 7.67 Å². The Hall–Kier alpha value is -1.09. The summed E-state index contributed by atoms with van der Waals surface area (Å²) in [6.07, 6.45) is 6.07. The van der Waals surface area contributed by atoms with E-state index in [1.807, 2.05) is 53.8 Å². The second kappa shape index (κ2) is 6.38. The Bertz CT molecular complexity index is 456. The summed E-state index contributed by atoms with van der Waals surface area (Å²) in [5.41, 5.74) is 0. The quantitative estimate of drug-likeness (QED) is 0.614. The molecule has 0 unspecified atom stereocenters. The van der Waals surface area contributed by atoms with Crippen LogP contribution in [0.15, 0.2) is 42.5 Å². The zero-order valence-electron chi connectivity index (χ0n) is 11.5. The summed E-state index contributed by atoms with van der Waals surface area (Å²) in [6, 6.07) is 9.38. The van der Waals surface area contributed by atoms with Gasteiger partial charge in [-0.05, 0) is 39.1 Å². The number of rotatable bonds is 2. The highest BCUT2D eigenvalue weighted by molar-refractivity contribution is 7.54. The van der Waals surface area contributed by atoms with E-state index in [4.69, 9.17) is 4.52 Å². The van der Waals surface area contributed by atoms with Crippen molar-refractivity contribution in [2.75, 3.05) is 27.2 Å². The van der Waals surface area contributed by atoms with Crippen molar-refractivity contribution in [3.05, 3.63) is 42.5 Å². The molecule has 19 heavy (non-hydrogen) atoms. The minimum absolute atomic E-state index is 0.650. The number of nitrogens with zero attached hydrogens (tertiary/aromatic N) is 2. The molecule has 0 saturated heterocycles. The molecule has 0 amide bonds. The van der Waals surface area contributed by atoms with Crippen molar-refractivity contribution >= 4 is 7.67 Å². The largest absolute Gasteiger partial charge is 0.422 e. The molecule has 1 aliphatic heterocycles. The minimum Gasteiger partial charge on any atom is -0.422 e. The predicted octanol–water partition coefficient (Wildman–Crippen LogP) is 3.39. The lowest BCUT2D eigenvalue weighted by atomic mass is 10.3. The van der Waals surface area contributed by atoms with Gasteiger partial charge in [0, 0.05) is 13.1 Å². The Morgan fingerprint density at radius 1 is 1.00 bits per heavy atom. The molecule has 0 radical (unpaired) electrons. The van der Waals surface area contributed by atoms with Gasteiger partial charge >= 0.3 is 7.67 Å². The van der Waals surface area contributed by atoms with Gasteiger partial charge in [-0.1, -0.05) is 30.4 Å². The van der Waals surface area contributed by atoms with Crippen molar-refractivity contribution < 1.29 is 9.09 Å². The molecule has 0 atom stereocenters. The third-order valence-corrected chi connectivity index (χ3v) is 5.81. The molecule has 0 fully saturated rings. The average Bonchev–Trinajstić information content (AvgIpc) is 2.47. The van der Waals surface area contributed by atoms with E-state index in [9.17, 15) is 4.57 Å². The first-order valence-corrected chi connectivity index (χ1v) is 8.09. The van der Waals surface area contributed by atoms with Gasteiger partial charge in [-0.3, -0.25) is 0 Å². The fraction of sp³-hybridized carbons (Fsp3) is 0.429. The van der Waals surface area contributed by atoms with Crippen LogP contribution in [0, 0.1) is 0 Å². The molecule has 0 saturated carbocycles. The SMILES string of the molecule is CN1CC/C=C\CCN(C)P1(=O)Oc1ccccc1. The van der Waals surface area contributed by atoms with Crippen molar-refractivity contribution in [1.82, 2.24) is 9.34 Å². The van der Waals surface area contributed by atoms with E-state index in [-0.39, 0.29) is 0 Å². The van der Waals surface area contributed by atoms with E-state index < -0.39 is 7.67 Å². The lowest BCUT2D eigenvalue weighted by molar-refractivity contribution is 0.318. The molecule has 1 aromatic rings. The Balaban J connectivity index is 2.23. The van der Waals surface area contributed by atoms with E-state index in [1.54, 1.807) is 0 Å². The molecule has 0 bridgehead atoms. The van der Waals surface area contributed by atoms with Gasteiger partial charge in [-0.15, -0.1) is 0 Å². The molecule has 104 valence electrons. The maximum atomic E-state index is 13.2. The molecule has 0 N–H and O–H groups in total. The summed E-state index contributed by atoms with van der Waals surface area (Å²) >= 11 is 0. The first-order chi connectivity index (χ1) is 9.13. The third-order valence-electron chi connectivity index (χ3n) is 3.24. The van der Waals surface area contributed by atoms with E-state index in [2.05, 4.69) is 12.2 Å². The van der Waals surface area contributed by atoms with Crippen molar-refractivity contribution in [3.8, 4) is 5.75 Å². The van der Waals surface area contributed by atoms with Crippen LogP contribution in [0.4, 0.5) is 0 Å². The van der Waals surface area contributed by atoms with Gasteiger partial charge < -0.3 is 4.52 Å². The zero-order chi connectivity index (χ0) is 13.7. The molecule has 0 aromatic heterocycles. The van der Waals surface area contributed by atoms with Gasteiger partial charge in [0.05, 0.1) is 0 Å². The van der Waals surface area contributed by atoms with Crippen molar-refractivity contribution in [2.45, 2.75) is 12.8 Å². The van der Waals surface area contributed by atoms with Crippen molar-refractivity contribution in [1.29, 1.82) is 0 Å². The fourth-order valence-electron chi connectivity index (χ4n) is 2.03. The number of hydrogen-bond donors (Lipinski definition) is 0. The average molecular weight is 280 g/mol. The summed E-state index contributed by atoms with van der Waals surface area (Å²) in [6.45, 7) is 1.45. The highest BCUT2D eigenvalue weighted by atomic mass is 31.2. The molecule has 0 spiro atoms. The van der Waals surface area contributed by atoms with Crippen LogP contribution in [-0.2, 0) is 4.57 Å².